The number of thiazole rings is 1. The maximum atomic E-state index is 13.2. The van der Waals surface area contributed by atoms with E-state index in [4.69, 9.17) is 4.74 Å². The minimum Gasteiger partial charge on any atom is -0.465 e. The molecule has 0 bridgehead atoms. The monoisotopic (exact) mass is 617 g/mol. The van der Waals surface area contributed by atoms with Gasteiger partial charge in [0.1, 0.15) is 17.9 Å². The van der Waals surface area contributed by atoms with Gasteiger partial charge in [-0.3, -0.25) is 14.5 Å². The molecule has 0 aliphatic carbocycles. The molecule has 42 heavy (non-hydrogen) atoms. The summed E-state index contributed by atoms with van der Waals surface area (Å²) < 4.78 is 47.3. The summed E-state index contributed by atoms with van der Waals surface area (Å²) in [6, 6.07) is 2.32. The molecule has 4 amide bonds. The lowest BCUT2D eigenvalue weighted by Gasteiger charge is -2.55. The Morgan fingerprint density at radius 3 is 2.31 bits per heavy atom. The number of carbonyl (C=O) groups is 4. The van der Waals surface area contributed by atoms with Gasteiger partial charge in [-0.15, -0.1) is 13.2 Å². The zero-order valence-corrected chi connectivity index (χ0v) is 25.1. The molecule has 1 aromatic heterocycles. The Kier molecular flexibility index (Phi) is 9.20. The Morgan fingerprint density at radius 2 is 1.76 bits per heavy atom. The molecule has 1 aliphatic rings. The van der Waals surface area contributed by atoms with Crippen LogP contribution in [0.2, 0.25) is 0 Å². The van der Waals surface area contributed by atoms with Crippen LogP contribution in [-0.2, 0) is 14.3 Å². The van der Waals surface area contributed by atoms with Gasteiger partial charge in [-0.05, 0) is 38.3 Å². The van der Waals surface area contributed by atoms with Crippen molar-refractivity contribution in [1.29, 1.82) is 0 Å². The van der Waals surface area contributed by atoms with Crippen LogP contribution in [0.25, 0.3) is 10.2 Å². The van der Waals surface area contributed by atoms with Crippen molar-refractivity contribution < 1.29 is 46.9 Å². The van der Waals surface area contributed by atoms with Crippen molar-refractivity contribution >= 4 is 50.7 Å². The zero-order chi connectivity index (χ0) is 31.8. The largest absolute Gasteiger partial charge is 0.573 e. The molecule has 1 aliphatic heterocycles. The number of amides is 4. The van der Waals surface area contributed by atoms with Crippen molar-refractivity contribution in [1.82, 2.24) is 19.7 Å². The number of nitrogens with one attached hydrogen (secondary N) is 1. The molecule has 3 rings (SSSR count). The van der Waals surface area contributed by atoms with Crippen molar-refractivity contribution in [3.8, 4) is 5.75 Å². The highest BCUT2D eigenvalue weighted by Crippen LogP contribution is 2.37. The first-order valence-electron chi connectivity index (χ1n) is 12.8. The van der Waals surface area contributed by atoms with Gasteiger partial charge in [0.15, 0.2) is 5.13 Å². The average molecular weight is 618 g/mol. The lowest BCUT2D eigenvalue weighted by molar-refractivity contribution is -0.274. The van der Waals surface area contributed by atoms with E-state index in [1.165, 1.54) is 22.9 Å². The van der Waals surface area contributed by atoms with Crippen LogP contribution in [0.5, 0.6) is 5.75 Å². The normalized spacial score (nSPS) is 17.3. The molecule has 16 heteroatoms. The summed E-state index contributed by atoms with van der Waals surface area (Å²) in [6.07, 6.45) is -6.79. The van der Waals surface area contributed by atoms with E-state index < -0.39 is 72.3 Å². The molecular weight excluding hydrogens is 583 g/mol. The number of hydrogen-bond donors (Lipinski definition) is 2. The molecule has 232 valence electrons. The van der Waals surface area contributed by atoms with E-state index in [0.29, 0.717) is 10.2 Å². The van der Waals surface area contributed by atoms with Crippen LogP contribution >= 0.6 is 11.3 Å². The molecule has 2 aromatic rings. The van der Waals surface area contributed by atoms with Crippen molar-refractivity contribution in [2.45, 2.75) is 65.6 Å². The number of carboxylic acid groups (broad SMARTS) is 1. The number of hydrogen-bond acceptors (Lipinski definition) is 8. The lowest BCUT2D eigenvalue weighted by Crippen LogP contribution is -2.73. The van der Waals surface area contributed by atoms with Gasteiger partial charge < -0.3 is 29.7 Å². The van der Waals surface area contributed by atoms with Gasteiger partial charge >= 0.3 is 18.5 Å². The quantitative estimate of drug-likeness (QED) is 0.459. The number of likely N-dealkylation sites (tertiary alicyclic amines) is 1. The van der Waals surface area contributed by atoms with Crippen LogP contribution < -0.4 is 10.1 Å². The number of carbonyl (C=O) groups excluding carboxylic acids is 3. The van der Waals surface area contributed by atoms with Gasteiger partial charge in [0.2, 0.25) is 11.8 Å². The van der Waals surface area contributed by atoms with Crippen molar-refractivity contribution in [2.75, 3.05) is 32.0 Å². The Labute approximate surface area is 244 Å². The predicted octanol–water partition coefficient (Wildman–Crippen LogP) is 4.61. The number of benzene rings is 1. The van der Waals surface area contributed by atoms with Crippen LogP contribution in [0.1, 0.15) is 41.5 Å². The molecule has 0 spiro atoms. The molecule has 1 aromatic carbocycles. The first kappa shape index (κ1) is 32.7. The number of ether oxygens (including phenoxy) is 2. The van der Waals surface area contributed by atoms with E-state index in [9.17, 15) is 37.5 Å². The fourth-order valence-electron chi connectivity index (χ4n) is 4.52. The van der Waals surface area contributed by atoms with Crippen LogP contribution in [0.4, 0.5) is 27.9 Å². The third kappa shape index (κ3) is 8.36. The Balaban J connectivity index is 1.70. The summed E-state index contributed by atoms with van der Waals surface area (Å²) in [7, 11) is 1.36. The van der Waals surface area contributed by atoms with Crippen molar-refractivity contribution in [3.05, 3.63) is 18.2 Å². The summed E-state index contributed by atoms with van der Waals surface area (Å²) in [4.78, 5) is 58.4. The Bertz CT molecular complexity index is 1350. The molecule has 1 fully saturated rings. The van der Waals surface area contributed by atoms with E-state index in [-0.39, 0.29) is 11.7 Å². The first-order valence-corrected chi connectivity index (χ1v) is 13.7. The maximum Gasteiger partial charge on any atom is 0.573 e. The molecule has 2 N–H and O–H groups in total. The Morgan fingerprint density at radius 1 is 1.12 bits per heavy atom. The number of aromatic nitrogens is 1. The summed E-state index contributed by atoms with van der Waals surface area (Å²) in [5.41, 5.74) is -1.10. The molecular formula is C26H34F3N5O7S. The number of rotatable bonds is 7. The maximum absolute atomic E-state index is 13.2. The van der Waals surface area contributed by atoms with Crippen molar-refractivity contribution in [3.63, 3.8) is 0 Å². The molecule has 0 saturated carbocycles. The van der Waals surface area contributed by atoms with Gasteiger partial charge in [0.05, 0.1) is 28.8 Å². The third-order valence-electron chi connectivity index (χ3n) is 6.20. The van der Waals surface area contributed by atoms with Crippen LogP contribution in [0.3, 0.4) is 0 Å². The zero-order valence-electron chi connectivity index (χ0n) is 24.2. The number of anilines is 1. The second kappa shape index (κ2) is 11.8. The highest BCUT2D eigenvalue weighted by molar-refractivity contribution is 7.22. The van der Waals surface area contributed by atoms with Crippen LogP contribution in [0.15, 0.2) is 18.2 Å². The van der Waals surface area contributed by atoms with E-state index >= 15 is 0 Å². The molecule has 2 atom stereocenters. The summed E-state index contributed by atoms with van der Waals surface area (Å²) in [5.74, 6) is -1.66. The number of nitrogens with zero attached hydrogens (tertiary/aromatic N) is 4. The highest BCUT2D eigenvalue weighted by Gasteiger charge is 2.53. The van der Waals surface area contributed by atoms with E-state index in [1.54, 1.807) is 20.8 Å². The molecule has 2 heterocycles. The Hall–Kier alpha value is -3.82. The minimum absolute atomic E-state index is 0.0126. The molecule has 12 nitrogen and oxygen atoms in total. The minimum atomic E-state index is -4.85. The molecule has 1 saturated heterocycles. The first-order chi connectivity index (χ1) is 19.1. The topological polar surface area (TPSA) is 142 Å². The van der Waals surface area contributed by atoms with E-state index in [2.05, 4.69) is 15.0 Å². The second-order valence-electron chi connectivity index (χ2n) is 11.9. The van der Waals surface area contributed by atoms with Gasteiger partial charge in [-0.1, -0.05) is 32.1 Å². The van der Waals surface area contributed by atoms with E-state index in [0.717, 1.165) is 28.4 Å². The fraction of sp³-hybridized carbons (Fsp3) is 0.577. The summed E-state index contributed by atoms with van der Waals surface area (Å²) in [6.45, 7) is 9.59. The lowest BCUT2D eigenvalue weighted by atomic mass is 9.75. The third-order valence-corrected chi connectivity index (χ3v) is 7.13. The number of halogens is 3. The van der Waals surface area contributed by atoms with Crippen molar-refractivity contribution in [2.24, 2.45) is 5.41 Å². The van der Waals surface area contributed by atoms with Gasteiger partial charge in [0, 0.05) is 19.7 Å². The standard InChI is InChI=1S/C26H34F3N5O7S/c1-24(2,3)20-16(11-34(20)22(37)38)33(23(39)41-25(4,5)6)13-19(36)32(7)12-18(35)31-21-30-15-9-8-14(10-17(15)42-21)40-26(27,28)29/h8-10,16,20H,11-13H2,1-7H3,(H,37,38)(H,30,31,35). The fourth-order valence-corrected chi connectivity index (χ4v) is 5.43. The van der Waals surface area contributed by atoms with Crippen LogP contribution in [-0.4, -0.2) is 99.5 Å². The predicted molar refractivity (Wildman–Crippen MR) is 147 cm³/mol. The van der Waals surface area contributed by atoms with E-state index in [1.807, 2.05) is 20.8 Å². The SMILES string of the molecule is CN(CC(=O)Nc1nc2ccc(OC(F)(F)F)cc2s1)C(=O)CN(C(=O)OC(C)(C)C)C1CN(C(=O)O)C1C(C)(C)C. The molecule has 2 unspecified atom stereocenters. The van der Waals surface area contributed by atoms with Gasteiger partial charge in [0.25, 0.3) is 0 Å². The average Bonchev–Trinajstić information content (AvgIpc) is 3.14. The second-order valence-corrected chi connectivity index (χ2v) is 12.9. The smallest absolute Gasteiger partial charge is 0.465 e. The highest BCUT2D eigenvalue weighted by atomic mass is 32.1. The van der Waals surface area contributed by atoms with Gasteiger partial charge in [-0.25, -0.2) is 14.6 Å². The number of fused-ring (bicyclic) bond motifs is 1. The summed E-state index contributed by atoms with van der Waals surface area (Å²) in [5, 5.41) is 12.2. The number of alkyl halides is 3. The van der Waals surface area contributed by atoms with Crippen LogP contribution in [0, 0.1) is 5.41 Å². The van der Waals surface area contributed by atoms with Gasteiger partial charge in [-0.2, -0.15) is 0 Å². The number of likely N-dealkylation sites (N-methyl/N-ethyl adjacent to an activating group) is 1. The summed E-state index contributed by atoms with van der Waals surface area (Å²) >= 11 is 0.925. The molecule has 0 radical (unpaired) electrons.